The van der Waals surface area contributed by atoms with Crippen LogP contribution in [0.3, 0.4) is 0 Å². The Balaban J connectivity index is 3.95. The number of hydrogen-bond acceptors (Lipinski definition) is 4. The zero-order valence-corrected chi connectivity index (χ0v) is 16.3. The van der Waals surface area contributed by atoms with Crippen LogP contribution >= 0.6 is 0 Å². The van der Waals surface area contributed by atoms with Crippen molar-refractivity contribution < 1.29 is 19.1 Å². The SMILES string of the molecule is CCCCCCCC(CCC)OC(=O)CCNC(=O)OC(C)(C)C. The topological polar surface area (TPSA) is 64.6 Å². The molecule has 5 heteroatoms. The van der Waals surface area contributed by atoms with Crippen molar-refractivity contribution in [1.29, 1.82) is 0 Å². The summed E-state index contributed by atoms with van der Waals surface area (Å²) < 4.78 is 10.7. The van der Waals surface area contributed by atoms with Gasteiger partial charge in [0.25, 0.3) is 0 Å². The summed E-state index contributed by atoms with van der Waals surface area (Å²) in [6.07, 6.45) is 8.58. The molecule has 142 valence electrons. The molecular formula is C19H37NO4. The summed E-state index contributed by atoms with van der Waals surface area (Å²) in [5.74, 6) is -0.252. The molecule has 5 nitrogen and oxygen atoms in total. The highest BCUT2D eigenvalue weighted by Crippen LogP contribution is 2.14. The summed E-state index contributed by atoms with van der Waals surface area (Å²) in [5.41, 5.74) is -0.533. The molecule has 1 amide bonds. The maximum atomic E-state index is 11.9. The van der Waals surface area contributed by atoms with Gasteiger partial charge in [-0.25, -0.2) is 4.79 Å². The Kier molecular flexibility index (Phi) is 12.4. The number of carbonyl (C=O) groups excluding carboxylic acids is 2. The van der Waals surface area contributed by atoms with E-state index in [9.17, 15) is 9.59 Å². The van der Waals surface area contributed by atoms with Crippen LogP contribution in [0.1, 0.15) is 92.4 Å². The lowest BCUT2D eigenvalue weighted by atomic mass is 10.1. The normalized spacial score (nSPS) is 12.5. The van der Waals surface area contributed by atoms with Gasteiger partial charge in [0.1, 0.15) is 11.7 Å². The minimum absolute atomic E-state index is 0.00523. The highest BCUT2D eigenvalue weighted by Gasteiger charge is 2.17. The minimum atomic E-state index is -0.533. The van der Waals surface area contributed by atoms with Crippen LogP contribution in [0.15, 0.2) is 0 Å². The predicted octanol–water partition coefficient (Wildman–Crippen LogP) is 4.97. The number of unbranched alkanes of at least 4 members (excludes halogenated alkanes) is 4. The molecule has 24 heavy (non-hydrogen) atoms. The first-order valence-electron chi connectivity index (χ1n) is 9.44. The molecule has 0 aromatic heterocycles. The Morgan fingerprint density at radius 2 is 1.62 bits per heavy atom. The summed E-state index contributed by atoms with van der Waals surface area (Å²) >= 11 is 0. The number of alkyl carbamates (subject to hydrolysis) is 1. The molecule has 1 atom stereocenters. The molecule has 0 saturated carbocycles. The van der Waals surface area contributed by atoms with Gasteiger partial charge >= 0.3 is 12.1 Å². The van der Waals surface area contributed by atoms with Crippen LogP contribution < -0.4 is 5.32 Å². The van der Waals surface area contributed by atoms with E-state index in [-0.39, 0.29) is 25.0 Å². The van der Waals surface area contributed by atoms with E-state index < -0.39 is 11.7 Å². The van der Waals surface area contributed by atoms with Crippen molar-refractivity contribution in [2.45, 2.75) is 104 Å². The first-order valence-corrected chi connectivity index (χ1v) is 9.44. The second-order valence-corrected chi connectivity index (χ2v) is 7.28. The Bertz CT molecular complexity index is 350. The van der Waals surface area contributed by atoms with Crippen LogP contribution in [0, 0.1) is 0 Å². The third-order valence-electron chi connectivity index (χ3n) is 3.54. The van der Waals surface area contributed by atoms with Gasteiger partial charge in [0.15, 0.2) is 0 Å². The molecule has 1 unspecified atom stereocenters. The smallest absolute Gasteiger partial charge is 0.407 e. The fraction of sp³-hybridized carbons (Fsp3) is 0.895. The van der Waals surface area contributed by atoms with E-state index in [2.05, 4.69) is 19.2 Å². The largest absolute Gasteiger partial charge is 0.462 e. The van der Waals surface area contributed by atoms with Crippen molar-refractivity contribution in [2.24, 2.45) is 0 Å². The number of hydrogen-bond donors (Lipinski definition) is 1. The van der Waals surface area contributed by atoms with E-state index >= 15 is 0 Å². The van der Waals surface area contributed by atoms with Crippen LogP contribution in [0.4, 0.5) is 4.79 Å². The number of carbonyl (C=O) groups is 2. The standard InChI is InChI=1S/C19H37NO4/c1-6-8-9-10-11-13-16(12-7-2)23-17(21)14-15-20-18(22)24-19(3,4)5/h16H,6-15H2,1-5H3,(H,20,22). The van der Waals surface area contributed by atoms with E-state index in [4.69, 9.17) is 9.47 Å². The summed E-state index contributed by atoms with van der Waals surface area (Å²) in [4.78, 5) is 23.4. The van der Waals surface area contributed by atoms with Crippen LogP contribution in [-0.2, 0) is 14.3 Å². The maximum Gasteiger partial charge on any atom is 0.407 e. The lowest BCUT2D eigenvalue weighted by Crippen LogP contribution is -2.34. The van der Waals surface area contributed by atoms with E-state index in [1.807, 2.05) is 0 Å². The Hall–Kier alpha value is -1.26. The highest BCUT2D eigenvalue weighted by atomic mass is 16.6. The van der Waals surface area contributed by atoms with Gasteiger partial charge in [-0.1, -0.05) is 46.0 Å². The van der Waals surface area contributed by atoms with Gasteiger partial charge in [-0.2, -0.15) is 0 Å². The van der Waals surface area contributed by atoms with Gasteiger partial charge in [0.05, 0.1) is 6.42 Å². The zero-order valence-electron chi connectivity index (χ0n) is 16.3. The molecule has 0 rings (SSSR count). The van der Waals surface area contributed by atoms with Crippen LogP contribution in [0.25, 0.3) is 0 Å². The first-order chi connectivity index (χ1) is 11.3. The lowest BCUT2D eigenvalue weighted by Gasteiger charge is -2.20. The number of rotatable bonds is 12. The average Bonchev–Trinajstić information content (AvgIpc) is 2.45. The van der Waals surface area contributed by atoms with Gasteiger partial charge in [-0.3, -0.25) is 4.79 Å². The van der Waals surface area contributed by atoms with E-state index in [0.717, 1.165) is 25.7 Å². The molecule has 0 fully saturated rings. The van der Waals surface area contributed by atoms with Crippen molar-refractivity contribution in [3.8, 4) is 0 Å². The monoisotopic (exact) mass is 343 g/mol. The molecule has 0 heterocycles. The molecule has 0 aliphatic heterocycles. The molecular weight excluding hydrogens is 306 g/mol. The highest BCUT2D eigenvalue weighted by molar-refractivity contribution is 5.72. The second kappa shape index (κ2) is 13.1. The zero-order chi connectivity index (χ0) is 18.4. The fourth-order valence-electron chi connectivity index (χ4n) is 2.39. The molecule has 0 aliphatic rings. The van der Waals surface area contributed by atoms with Gasteiger partial charge < -0.3 is 14.8 Å². The lowest BCUT2D eigenvalue weighted by molar-refractivity contribution is -0.149. The molecule has 0 bridgehead atoms. The quantitative estimate of drug-likeness (QED) is 0.401. The molecule has 1 N–H and O–H groups in total. The van der Waals surface area contributed by atoms with Crippen molar-refractivity contribution in [3.05, 3.63) is 0 Å². The first kappa shape index (κ1) is 22.7. The molecule has 0 aromatic rings. The molecule has 0 aliphatic carbocycles. The third kappa shape index (κ3) is 14.3. The number of nitrogens with one attached hydrogen (secondary N) is 1. The summed E-state index contributed by atoms with van der Waals surface area (Å²) in [6.45, 7) is 9.95. The van der Waals surface area contributed by atoms with Gasteiger partial charge in [-0.15, -0.1) is 0 Å². The Morgan fingerprint density at radius 1 is 0.958 bits per heavy atom. The van der Waals surface area contributed by atoms with E-state index in [1.54, 1.807) is 20.8 Å². The van der Waals surface area contributed by atoms with Crippen molar-refractivity contribution in [3.63, 3.8) is 0 Å². The van der Waals surface area contributed by atoms with Gasteiger partial charge in [0.2, 0.25) is 0 Å². The van der Waals surface area contributed by atoms with E-state index in [1.165, 1.54) is 25.7 Å². The molecule has 0 aromatic carbocycles. The average molecular weight is 344 g/mol. The van der Waals surface area contributed by atoms with Gasteiger partial charge in [0, 0.05) is 6.54 Å². The summed E-state index contributed by atoms with van der Waals surface area (Å²) in [5, 5.41) is 2.58. The maximum absolute atomic E-state index is 11.9. The number of esters is 1. The number of ether oxygens (including phenoxy) is 2. The minimum Gasteiger partial charge on any atom is -0.462 e. The van der Waals surface area contributed by atoms with Gasteiger partial charge in [-0.05, 0) is 40.0 Å². The van der Waals surface area contributed by atoms with Crippen molar-refractivity contribution in [1.82, 2.24) is 5.32 Å². The predicted molar refractivity (Wildman–Crippen MR) is 97.0 cm³/mol. The molecule has 0 spiro atoms. The second-order valence-electron chi connectivity index (χ2n) is 7.28. The Labute approximate surface area is 147 Å². The molecule has 0 radical (unpaired) electrons. The fourth-order valence-corrected chi connectivity index (χ4v) is 2.39. The number of amides is 1. The van der Waals surface area contributed by atoms with Crippen LogP contribution in [0.2, 0.25) is 0 Å². The van der Waals surface area contributed by atoms with Crippen molar-refractivity contribution >= 4 is 12.1 Å². The summed E-state index contributed by atoms with van der Waals surface area (Å²) in [6, 6.07) is 0. The molecule has 0 saturated heterocycles. The summed E-state index contributed by atoms with van der Waals surface area (Å²) in [7, 11) is 0. The van der Waals surface area contributed by atoms with Crippen LogP contribution in [0.5, 0.6) is 0 Å². The van der Waals surface area contributed by atoms with E-state index in [0.29, 0.717) is 0 Å². The Morgan fingerprint density at radius 3 is 2.21 bits per heavy atom. The van der Waals surface area contributed by atoms with Crippen molar-refractivity contribution in [2.75, 3.05) is 6.54 Å². The van der Waals surface area contributed by atoms with Crippen LogP contribution in [-0.4, -0.2) is 30.3 Å². The third-order valence-corrected chi connectivity index (χ3v) is 3.54.